The number of ether oxygens (including phenoxy) is 2. The average molecular weight is 325 g/mol. The summed E-state index contributed by atoms with van der Waals surface area (Å²) < 4.78 is 23.7. The van der Waals surface area contributed by atoms with Crippen LogP contribution in [0, 0.1) is 5.82 Å². The number of halogens is 2. The minimum atomic E-state index is -0.247. The maximum absolute atomic E-state index is 12.9. The first kappa shape index (κ1) is 16.4. The van der Waals surface area contributed by atoms with Gasteiger partial charge in [0.25, 0.3) is 0 Å². The summed E-state index contributed by atoms with van der Waals surface area (Å²) in [5, 5.41) is 10.3. The Morgan fingerprint density at radius 2 is 1.91 bits per heavy atom. The van der Waals surface area contributed by atoms with E-state index in [2.05, 4.69) is 0 Å². The molecule has 2 aromatic rings. The van der Waals surface area contributed by atoms with Crippen molar-refractivity contribution >= 4 is 11.6 Å². The molecule has 0 bridgehead atoms. The summed E-state index contributed by atoms with van der Waals surface area (Å²) in [6.45, 7) is 2.43. The van der Waals surface area contributed by atoms with Crippen LogP contribution in [0.2, 0.25) is 5.02 Å². The molecule has 1 atom stereocenters. The van der Waals surface area contributed by atoms with Crippen LogP contribution < -0.4 is 9.47 Å². The molecule has 0 amide bonds. The van der Waals surface area contributed by atoms with Gasteiger partial charge in [0.15, 0.2) is 11.5 Å². The van der Waals surface area contributed by atoms with Crippen LogP contribution in [-0.2, 0) is 0 Å². The maximum atomic E-state index is 12.9. The number of rotatable bonds is 6. The number of methoxy groups -OCH3 is 1. The highest BCUT2D eigenvalue weighted by Crippen LogP contribution is 2.39. The number of hydrogen-bond acceptors (Lipinski definition) is 3. The number of benzene rings is 2. The average Bonchev–Trinajstić information content (AvgIpc) is 2.49. The molecule has 118 valence electrons. The molecule has 0 aromatic heterocycles. The zero-order chi connectivity index (χ0) is 16.1. The molecule has 22 heavy (non-hydrogen) atoms. The largest absolute Gasteiger partial charge is 0.504 e. The Balaban J connectivity index is 1.97. The van der Waals surface area contributed by atoms with Gasteiger partial charge in [-0.05, 0) is 30.0 Å². The standard InChI is InChI=1S/C17H18ClFO3/c1-11(12-3-5-14(19)6-4-12)7-8-22-17-15(20)9-13(18)10-16(17)21-2/h3-6,9-11,20H,7-8H2,1-2H3. The highest BCUT2D eigenvalue weighted by atomic mass is 35.5. The predicted molar refractivity (Wildman–Crippen MR) is 84.6 cm³/mol. The van der Waals surface area contributed by atoms with Gasteiger partial charge in [0.05, 0.1) is 13.7 Å². The lowest BCUT2D eigenvalue weighted by molar-refractivity contribution is 0.268. The second-order valence-corrected chi connectivity index (χ2v) is 5.48. The molecule has 0 aliphatic heterocycles. The summed E-state index contributed by atoms with van der Waals surface area (Å²) in [5.41, 5.74) is 1.04. The molecule has 2 aromatic carbocycles. The van der Waals surface area contributed by atoms with E-state index in [0.717, 1.165) is 12.0 Å². The van der Waals surface area contributed by atoms with Crippen LogP contribution in [0.25, 0.3) is 0 Å². The number of hydrogen-bond donors (Lipinski definition) is 1. The van der Waals surface area contributed by atoms with E-state index in [1.165, 1.54) is 25.3 Å². The number of aromatic hydroxyl groups is 1. The van der Waals surface area contributed by atoms with Crippen molar-refractivity contribution in [2.75, 3.05) is 13.7 Å². The molecular formula is C17H18ClFO3. The van der Waals surface area contributed by atoms with Crippen molar-refractivity contribution in [3.05, 3.63) is 52.8 Å². The summed E-state index contributed by atoms with van der Waals surface area (Å²) in [6.07, 6.45) is 0.719. The Labute approximate surface area is 134 Å². The third-order valence-corrected chi connectivity index (χ3v) is 3.67. The molecule has 0 spiro atoms. The van der Waals surface area contributed by atoms with E-state index in [9.17, 15) is 9.50 Å². The lowest BCUT2D eigenvalue weighted by Gasteiger charge is -2.15. The van der Waals surface area contributed by atoms with Crippen LogP contribution in [0.15, 0.2) is 36.4 Å². The van der Waals surface area contributed by atoms with Gasteiger partial charge in [0.1, 0.15) is 5.82 Å². The van der Waals surface area contributed by atoms with Gasteiger partial charge in [-0.3, -0.25) is 0 Å². The third-order valence-electron chi connectivity index (χ3n) is 3.46. The fourth-order valence-corrected chi connectivity index (χ4v) is 2.35. The first-order chi connectivity index (χ1) is 10.5. The lowest BCUT2D eigenvalue weighted by atomic mass is 9.98. The number of phenolic OH excluding ortho intramolecular Hbond substituents is 1. The van der Waals surface area contributed by atoms with Crippen LogP contribution in [0.3, 0.4) is 0 Å². The van der Waals surface area contributed by atoms with Gasteiger partial charge in [0.2, 0.25) is 5.75 Å². The molecule has 0 radical (unpaired) electrons. The van der Waals surface area contributed by atoms with Gasteiger partial charge in [-0.25, -0.2) is 4.39 Å². The molecule has 1 unspecified atom stereocenters. The normalized spacial score (nSPS) is 12.0. The quantitative estimate of drug-likeness (QED) is 0.832. The topological polar surface area (TPSA) is 38.7 Å². The first-order valence-electron chi connectivity index (χ1n) is 6.96. The fraction of sp³-hybridized carbons (Fsp3) is 0.294. The van der Waals surface area contributed by atoms with Crippen LogP contribution in [-0.4, -0.2) is 18.8 Å². The van der Waals surface area contributed by atoms with E-state index < -0.39 is 0 Å². The van der Waals surface area contributed by atoms with Gasteiger partial charge in [-0.1, -0.05) is 30.7 Å². The Kier molecular flexibility index (Phi) is 5.50. The maximum Gasteiger partial charge on any atom is 0.203 e. The van der Waals surface area contributed by atoms with Crippen molar-refractivity contribution in [2.24, 2.45) is 0 Å². The molecular weight excluding hydrogens is 307 g/mol. The molecule has 0 fully saturated rings. The van der Waals surface area contributed by atoms with Crippen molar-refractivity contribution in [3.8, 4) is 17.2 Å². The van der Waals surface area contributed by atoms with E-state index in [0.29, 0.717) is 17.4 Å². The van der Waals surface area contributed by atoms with Crippen LogP contribution >= 0.6 is 11.6 Å². The summed E-state index contributed by atoms with van der Waals surface area (Å²) in [6, 6.07) is 9.41. The van der Waals surface area contributed by atoms with Crippen molar-refractivity contribution in [1.82, 2.24) is 0 Å². The minimum absolute atomic E-state index is 0.0567. The van der Waals surface area contributed by atoms with Crippen molar-refractivity contribution in [3.63, 3.8) is 0 Å². The molecule has 2 rings (SSSR count). The highest BCUT2D eigenvalue weighted by Gasteiger charge is 2.13. The van der Waals surface area contributed by atoms with Gasteiger partial charge < -0.3 is 14.6 Å². The molecule has 0 saturated carbocycles. The monoisotopic (exact) mass is 324 g/mol. The van der Waals surface area contributed by atoms with E-state index in [1.807, 2.05) is 6.92 Å². The van der Waals surface area contributed by atoms with Crippen molar-refractivity contribution < 1.29 is 19.0 Å². The number of phenols is 1. The van der Waals surface area contributed by atoms with Crippen LogP contribution in [0.4, 0.5) is 4.39 Å². The zero-order valence-electron chi connectivity index (χ0n) is 12.5. The second kappa shape index (κ2) is 7.36. The summed E-state index contributed by atoms with van der Waals surface area (Å²) in [4.78, 5) is 0. The summed E-state index contributed by atoms with van der Waals surface area (Å²) in [5.74, 6) is 0.570. The van der Waals surface area contributed by atoms with E-state index >= 15 is 0 Å². The SMILES string of the molecule is COc1cc(Cl)cc(O)c1OCCC(C)c1ccc(F)cc1. The van der Waals surface area contributed by atoms with Gasteiger partial charge in [-0.2, -0.15) is 0 Å². The lowest BCUT2D eigenvalue weighted by Crippen LogP contribution is -2.04. The molecule has 1 N–H and O–H groups in total. The van der Waals surface area contributed by atoms with Crippen LogP contribution in [0.1, 0.15) is 24.8 Å². The van der Waals surface area contributed by atoms with Crippen LogP contribution in [0.5, 0.6) is 17.2 Å². The Hall–Kier alpha value is -1.94. The third kappa shape index (κ3) is 4.04. The van der Waals surface area contributed by atoms with Gasteiger partial charge in [0, 0.05) is 17.2 Å². The van der Waals surface area contributed by atoms with Gasteiger partial charge >= 0.3 is 0 Å². The Morgan fingerprint density at radius 3 is 2.55 bits per heavy atom. The fourth-order valence-electron chi connectivity index (χ4n) is 2.15. The van der Waals surface area contributed by atoms with Gasteiger partial charge in [-0.15, -0.1) is 0 Å². The molecule has 5 heteroatoms. The van der Waals surface area contributed by atoms with E-state index in [4.69, 9.17) is 21.1 Å². The Bertz CT molecular complexity index is 629. The van der Waals surface area contributed by atoms with Crippen molar-refractivity contribution in [2.45, 2.75) is 19.3 Å². The van der Waals surface area contributed by atoms with E-state index in [-0.39, 0.29) is 23.2 Å². The second-order valence-electron chi connectivity index (χ2n) is 5.05. The molecule has 3 nitrogen and oxygen atoms in total. The van der Waals surface area contributed by atoms with E-state index in [1.54, 1.807) is 18.2 Å². The molecule has 0 aliphatic rings. The molecule has 0 saturated heterocycles. The smallest absolute Gasteiger partial charge is 0.203 e. The van der Waals surface area contributed by atoms with Crippen molar-refractivity contribution in [1.29, 1.82) is 0 Å². The zero-order valence-corrected chi connectivity index (χ0v) is 13.2. The highest BCUT2D eigenvalue weighted by molar-refractivity contribution is 6.31. The first-order valence-corrected chi connectivity index (χ1v) is 7.34. The predicted octanol–water partition coefficient (Wildman–Crippen LogP) is 4.77. The molecule has 0 heterocycles. The summed E-state index contributed by atoms with van der Waals surface area (Å²) >= 11 is 5.85. The Morgan fingerprint density at radius 1 is 1.23 bits per heavy atom. The molecule has 0 aliphatic carbocycles. The minimum Gasteiger partial charge on any atom is -0.504 e. The summed E-state index contributed by atoms with van der Waals surface area (Å²) in [7, 11) is 1.49.